The van der Waals surface area contributed by atoms with Gasteiger partial charge in [0.2, 0.25) is 0 Å². The maximum atomic E-state index is 12.4. The van der Waals surface area contributed by atoms with Crippen LogP contribution in [0.5, 0.6) is 0 Å². The Morgan fingerprint density at radius 1 is 1.32 bits per heavy atom. The molecule has 0 saturated heterocycles. The Balaban J connectivity index is 1.86. The fourth-order valence-corrected chi connectivity index (χ4v) is 2.43. The van der Waals surface area contributed by atoms with Gasteiger partial charge in [-0.1, -0.05) is 17.7 Å². The Kier molecular flexibility index (Phi) is 3.17. The molecule has 19 heavy (non-hydrogen) atoms. The molecule has 0 aliphatic carbocycles. The lowest BCUT2D eigenvalue weighted by Gasteiger charge is -2.28. The zero-order valence-electron chi connectivity index (χ0n) is 10.2. The van der Waals surface area contributed by atoms with E-state index < -0.39 is 0 Å². The van der Waals surface area contributed by atoms with Crippen LogP contribution < -0.4 is 0 Å². The number of hydrogen-bond donors (Lipinski definition) is 0. The normalized spacial score (nSPS) is 14.1. The van der Waals surface area contributed by atoms with E-state index in [1.807, 2.05) is 12.1 Å². The van der Waals surface area contributed by atoms with Crippen LogP contribution in [0.3, 0.4) is 0 Å². The molecule has 0 spiro atoms. The van der Waals surface area contributed by atoms with Gasteiger partial charge in [0.25, 0.3) is 5.91 Å². The molecule has 1 aliphatic heterocycles. The number of amides is 1. The first-order valence-electron chi connectivity index (χ1n) is 6.07. The molecular formula is C14H12ClN3O. The number of rotatable bonds is 1. The molecule has 5 heteroatoms. The van der Waals surface area contributed by atoms with Crippen molar-refractivity contribution in [3.63, 3.8) is 0 Å². The van der Waals surface area contributed by atoms with Crippen molar-refractivity contribution in [2.24, 2.45) is 0 Å². The van der Waals surface area contributed by atoms with Crippen LogP contribution in [-0.4, -0.2) is 27.3 Å². The Hall–Kier alpha value is -1.94. The van der Waals surface area contributed by atoms with Gasteiger partial charge < -0.3 is 4.90 Å². The molecule has 1 amide bonds. The Bertz CT molecular complexity index is 630. The van der Waals surface area contributed by atoms with Crippen LogP contribution in [0.15, 0.2) is 36.8 Å². The molecule has 0 fully saturated rings. The molecule has 2 aromatic heterocycles. The summed E-state index contributed by atoms with van der Waals surface area (Å²) in [5.41, 5.74) is 2.63. The predicted octanol–water partition coefficient (Wildman–Crippen LogP) is 2.33. The summed E-state index contributed by atoms with van der Waals surface area (Å²) in [6, 6.07) is 5.53. The highest BCUT2D eigenvalue weighted by molar-refractivity contribution is 6.33. The van der Waals surface area contributed by atoms with Crippen LogP contribution in [0.4, 0.5) is 0 Å². The summed E-state index contributed by atoms with van der Waals surface area (Å²) in [6.07, 6.45) is 5.66. The van der Waals surface area contributed by atoms with Crippen molar-refractivity contribution in [2.45, 2.75) is 13.0 Å². The second kappa shape index (κ2) is 4.97. The number of fused-ring (bicyclic) bond motifs is 1. The second-order valence-electron chi connectivity index (χ2n) is 4.44. The largest absolute Gasteiger partial charge is 0.334 e. The summed E-state index contributed by atoms with van der Waals surface area (Å²) >= 11 is 6.04. The van der Waals surface area contributed by atoms with E-state index in [9.17, 15) is 4.79 Å². The van der Waals surface area contributed by atoms with Gasteiger partial charge in [-0.2, -0.15) is 0 Å². The summed E-state index contributed by atoms with van der Waals surface area (Å²) in [7, 11) is 0. The highest BCUT2D eigenvalue weighted by atomic mass is 35.5. The van der Waals surface area contributed by atoms with E-state index in [-0.39, 0.29) is 5.91 Å². The van der Waals surface area contributed by atoms with E-state index >= 15 is 0 Å². The van der Waals surface area contributed by atoms with Gasteiger partial charge in [-0.25, -0.2) is 0 Å². The number of halogens is 1. The third-order valence-corrected chi connectivity index (χ3v) is 3.58. The van der Waals surface area contributed by atoms with Gasteiger partial charge in [-0.3, -0.25) is 14.8 Å². The van der Waals surface area contributed by atoms with E-state index in [0.717, 1.165) is 17.7 Å². The van der Waals surface area contributed by atoms with Crippen LogP contribution >= 0.6 is 11.6 Å². The van der Waals surface area contributed by atoms with E-state index in [4.69, 9.17) is 11.6 Å². The number of carbonyl (C=O) groups is 1. The molecule has 0 radical (unpaired) electrons. The molecule has 1 aliphatic rings. The fraction of sp³-hybridized carbons (Fsp3) is 0.214. The van der Waals surface area contributed by atoms with Crippen molar-refractivity contribution in [3.05, 3.63) is 58.6 Å². The molecule has 4 nitrogen and oxygen atoms in total. The van der Waals surface area contributed by atoms with E-state index in [0.29, 0.717) is 23.7 Å². The van der Waals surface area contributed by atoms with Crippen molar-refractivity contribution in [1.82, 2.24) is 14.9 Å². The number of pyridine rings is 2. The summed E-state index contributed by atoms with van der Waals surface area (Å²) in [5, 5.41) is 0.442. The standard InChI is InChI=1S/C14H12ClN3O/c15-12-3-6-16-8-11(12)14(19)18-7-4-13-10(9-18)2-1-5-17-13/h1-3,5-6,8H,4,7,9H2. The minimum atomic E-state index is -0.0763. The maximum Gasteiger partial charge on any atom is 0.257 e. The molecule has 3 rings (SSSR count). The van der Waals surface area contributed by atoms with Gasteiger partial charge in [0.1, 0.15) is 0 Å². The SMILES string of the molecule is O=C(c1cnccc1Cl)N1CCc2ncccc2C1. The highest BCUT2D eigenvalue weighted by Gasteiger charge is 2.23. The van der Waals surface area contributed by atoms with Gasteiger partial charge in [0.15, 0.2) is 0 Å². The fourth-order valence-electron chi connectivity index (χ4n) is 2.24. The van der Waals surface area contributed by atoms with Crippen molar-refractivity contribution >= 4 is 17.5 Å². The highest BCUT2D eigenvalue weighted by Crippen LogP contribution is 2.21. The molecule has 2 aromatic rings. The van der Waals surface area contributed by atoms with Crippen LogP contribution in [-0.2, 0) is 13.0 Å². The van der Waals surface area contributed by atoms with Crippen LogP contribution in [0.25, 0.3) is 0 Å². The van der Waals surface area contributed by atoms with Crippen molar-refractivity contribution in [2.75, 3.05) is 6.54 Å². The topological polar surface area (TPSA) is 46.1 Å². The first-order valence-corrected chi connectivity index (χ1v) is 6.45. The first kappa shape index (κ1) is 12.1. The predicted molar refractivity (Wildman–Crippen MR) is 71.9 cm³/mol. The maximum absolute atomic E-state index is 12.4. The Morgan fingerprint density at radius 2 is 2.21 bits per heavy atom. The van der Waals surface area contributed by atoms with E-state index in [1.165, 1.54) is 6.20 Å². The zero-order chi connectivity index (χ0) is 13.2. The quantitative estimate of drug-likeness (QED) is 0.801. The van der Waals surface area contributed by atoms with Gasteiger partial charge in [0.05, 0.1) is 10.6 Å². The summed E-state index contributed by atoms with van der Waals surface area (Å²) in [6.45, 7) is 1.24. The minimum Gasteiger partial charge on any atom is -0.334 e. The Morgan fingerprint density at radius 3 is 3.05 bits per heavy atom. The third-order valence-electron chi connectivity index (χ3n) is 3.25. The summed E-state index contributed by atoms with van der Waals surface area (Å²) in [4.78, 5) is 22.5. The molecule has 0 saturated carbocycles. The molecule has 0 bridgehead atoms. The zero-order valence-corrected chi connectivity index (χ0v) is 11.0. The smallest absolute Gasteiger partial charge is 0.257 e. The Labute approximate surface area is 116 Å². The van der Waals surface area contributed by atoms with Gasteiger partial charge in [-0.15, -0.1) is 0 Å². The van der Waals surface area contributed by atoms with Gasteiger partial charge >= 0.3 is 0 Å². The van der Waals surface area contributed by atoms with Crippen molar-refractivity contribution in [1.29, 1.82) is 0 Å². The van der Waals surface area contributed by atoms with Crippen molar-refractivity contribution in [3.8, 4) is 0 Å². The van der Waals surface area contributed by atoms with Crippen LogP contribution in [0.1, 0.15) is 21.6 Å². The molecule has 96 valence electrons. The van der Waals surface area contributed by atoms with Crippen molar-refractivity contribution < 1.29 is 4.79 Å². The molecular weight excluding hydrogens is 262 g/mol. The molecule has 0 aromatic carbocycles. The monoisotopic (exact) mass is 273 g/mol. The second-order valence-corrected chi connectivity index (χ2v) is 4.85. The van der Waals surface area contributed by atoms with E-state index in [1.54, 1.807) is 23.4 Å². The average molecular weight is 274 g/mol. The molecule has 0 unspecified atom stereocenters. The number of carbonyl (C=O) groups excluding carboxylic acids is 1. The number of nitrogens with zero attached hydrogens (tertiary/aromatic N) is 3. The minimum absolute atomic E-state index is 0.0763. The summed E-state index contributed by atoms with van der Waals surface area (Å²) in [5.74, 6) is -0.0763. The lowest BCUT2D eigenvalue weighted by Crippen LogP contribution is -2.36. The van der Waals surface area contributed by atoms with E-state index in [2.05, 4.69) is 9.97 Å². The first-order chi connectivity index (χ1) is 9.25. The lowest BCUT2D eigenvalue weighted by molar-refractivity contribution is 0.0733. The van der Waals surface area contributed by atoms with Crippen LogP contribution in [0.2, 0.25) is 5.02 Å². The third kappa shape index (κ3) is 2.31. The summed E-state index contributed by atoms with van der Waals surface area (Å²) < 4.78 is 0. The number of hydrogen-bond acceptors (Lipinski definition) is 3. The molecule has 0 N–H and O–H groups in total. The van der Waals surface area contributed by atoms with Gasteiger partial charge in [0, 0.05) is 43.8 Å². The van der Waals surface area contributed by atoms with Crippen LogP contribution in [0, 0.1) is 0 Å². The molecule has 3 heterocycles. The number of aromatic nitrogens is 2. The average Bonchev–Trinajstić information content (AvgIpc) is 2.46. The lowest BCUT2D eigenvalue weighted by atomic mass is 10.1. The van der Waals surface area contributed by atoms with Gasteiger partial charge in [-0.05, 0) is 17.7 Å². The molecule has 0 atom stereocenters.